The Kier molecular flexibility index (Phi) is 4.11. The second-order valence-electron chi connectivity index (χ2n) is 5.17. The molecule has 0 amide bonds. The Bertz CT molecular complexity index is 619. The van der Waals surface area contributed by atoms with Gasteiger partial charge in [0.2, 0.25) is 0 Å². The van der Waals surface area contributed by atoms with E-state index in [-0.39, 0.29) is 0 Å². The molecule has 2 aromatic carbocycles. The highest BCUT2D eigenvalue weighted by Gasteiger charge is 2.20. The maximum atomic E-state index is 8.32. The predicted octanol–water partition coefficient (Wildman–Crippen LogP) is 3.49. The van der Waals surface area contributed by atoms with E-state index in [1.165, 1.54) is 0 Å². The van der Waals surface area contributed by atoms with E-state index in [0.717, 1.165) is 42.5 Å². The number of hydrogen-bond acceptors (Lipinski definition) is 2. The minimum absolute atomic E-state index is 0.612. The molecule has 1 fully saturated rings. The van der Waals surface area contributed by atoms with Crippen molar-refractivity contribution in [2.24, 2.45) is 0 Å². The molecule has 1 heterocycles. The third-order valence-electron chi connectivity index (χ3n) is 3.82. The first kappa shape index (κ1) is 14.0. The summed E-state index contributed by atoms with van der Waals surface area (Å²) in [6.07, 6.45) is 0. The van der Waals surface area contributed by atoms with Crippen molar-refractivity contribution in [3.8, 4) is 0 Å². The van der Waals surface area contributed by atoms with Gasteiger partial charge in [0.15, 0.2) is 0 Å². The van der Waals surface area contributed by atoms with Crippen molar-refractivity contribution in [3.05, 3.63) is 65.2 Å². The van der Waals surface area contributed by atoms with Crippen LogP contribution in [0.3, 0.4) is 0 Å². The Morgan fingerprint density at radius 3 is 2.29 bits per heavy atom. The molecule has 1 aliphatic rings. The lowest BCUT2D eigenvalue weighted by Crippen LogP contribution is -2.48. The second kappa shape index (κ2) is 6.19. The molecule has 0 spiro atoms. The number of benzene rings is 2. The van der Waals surface area contributed by atoms with Gasteiger partial charge in [-0.2, -0.15) is 0 Å². The highest BCUT2D eigenvalue weighted by Crippen LogP contribution is 2.21. The molecule has 0 aliphatic carbocycles. The van der Waals surface area contributed by atoms with Crippen LogP contribution < -0.4 is 4.90 Å². The number of anilines is 1. The maximum Gasteiger partial charge on any atom is 0.128 e. The largest absolute Gasteiger partial charge is 0.368 e. The number of rotatable bonds is 2. The molecule has 0 radical (unpaired) electrons. The van der Waals surface area contributed by atoms with E-state index in [9.17, 15) is 0 Å². The standard InChI is InChI=1S/C17H18ClN3/c18-15-7-4-8-16(13-15)20-9-11-21(12-10-20)17(19)14-5-2-1-3-6-14/h1-8,13,19H,9-12H2. The van der Waals surface area contributed by atoms with Crippen molar-refractivity contribution in [1.82, 2.24) is 4.90 Å². The van der Waals surface area contributed by atoms with Crippen LogP contribution in [0.4, 0.5) is 5.69 Å². The van der Waals surface area contributed by atoms with Crippen LogP contribution in [0.5, 0.6) is 0 Å². The van der Waals surface area contributed by atoms with Crippen molar-refractivity contribution in [2.45, 2.75) is 0 Å². The molecule has 0 aromatic heterocycles. The van der Waals surface area contributed by atoms with Gasteiger partial charge in [0.25, 0.3) is 0 Å². The van der Waals surface area contributed by atoms with Crippen LogP contribution in [0.1, 0.15) is 5.56 Å². The lowest BCUT2D eigenvalue weighted by Gasteiger charge is -2.37. The summed E-state index contributed by atoms with van der Waals surface area (Å²) in [5.74, 6) is 0.612. The summed E-state index contributed by atoms with van der Waals surface area (Å²) in [5, 5.41) is 9.09. The Labute approximate surface area is 130 Å². The zero-order valence-corrected chi connectivity index (χ0v) is 12.6. The molecule has 21 heavy (non-hydrogen) atoms. The monoisotopic (exact) mass is 299 g/mol. The third kappa shape index (κ3) is 3.19. The van der Waals surface area contributed by atoms with Gasteiger partial charge < -0.3 is 9.80 Å². The van der Waals surface area contributed by atoms with Gasteiger partial charge in [0.1, 0.15) is 5.84 Å². The zero-order chi connectivity index (χ0) is 14.7. The topological polar surface area (TPSA) is 30.3 Å². The van der Waals surface area contributed by atoms with Gasteiger partial charge in [-0.05, 0) is 18.2 Å². The average molecular weight is 300 g/mol. The molecule has 108 valence electrons. The zero-order valence-electron chi connectivity index (χ0n) is 11.8. The molecule has 1 N–H and O–H groups in total. The van der Waals surface area contributed by atoms with Gasteiger partial charge in [0, 0.05) is 42.5 Å². The Hall–Kier alpha value is -2.00. The molecular weight excluding hydrogens is 282 g/mol. The first-order valence-electron chi connectivity index (χ1n) is 7.13. The van der Waals surface area contributed by atoms with E-state index in [0.29, 0.717) is 5.84 Å². The fourth-order valence-corrected chi connectivity index (χ4v) is 2.82. The SMILES string of the molecule is N=C(c1ccccc1)N1CCN(c2cccc(Cl)c2)CC1. The average Bonchev–Trinajstić information content (AvgIpc) is 2.55. The van der Waals surface area contributed by atoms with Crippen LogP contribution in [0, 0.1) is 5.41 Å². The van der Waals surface area contributed by atoms with Crippen molar-refractivity contribution >= 4 is 23.1 Å². The molecule has 0 atom stereocenters. The number of nitrogens with one attached hydrogen (secondary N) is 1. The van der Waals surface area contributed by atoms with Crippen LogP contribution in [0.15, 0.2) is 54.6 Å². The highest BCUT2D eigenvalue weighted by atomic mass is 35.5. The number of amidine groups is 1. The normalized spacial score (nSPS) is 15.1. The fraction of sp³-hybridized carbons (Fsp3) is 0.235. The smallest absolute Gasteiger partial charge is 0.128 e. The summed E-state index contributed by atoms with van der Waals surface area (Å²) < 4.78 is 0. The van der Waals surface area contributed by atoms with Crippen LogP contribution >= 0.6 is 11.6 Å². The minimum atomic E-state index is 0.612. The van der Waals surface area contributed by atoms with E-state index in [4.69, 9.17) is 17.0 Å². The van der Waals surface area contributed by atoms with Gasteiger partial charge in [-0.15, -0.1) is 0 Å². The third-order valence-corrected chi connectivity index (χ3v) is 4.05. The van der Waals surface area contributed by atoms with Gasteiger partial charge in [-0.3, -0.25) is 5.41 Å². The first-order valence-corrected chi connectivity index (χ1v) is 7.51. The molecule has 1 saturated heterocycles. The number of nitrogens with zero attached hydrogens (tertiary/aromatic N) is 2. The summed E-state index contributed by atoms with van der Waals surface area (Å²) in [6.45, 7) is 3.55. The lowest BCUT2D eigenvalue weighted by atomic mass is 10.1. The second-order valence-corrected chi connectivity index (χ2v) is 5.61. The molecular formula is C17H18ClN3. The van der Waals surface area contributed by atoms with Crippen LogP contribution in [0.25, 0.3) is 0 Å². The van der Waals surface area contributed by atoms with Crippen molar-refractivity contribution in [3.63, 3.8) is 0 Å². The molecule has 4 heteroatoms. The van der Waals surface area contributed by atoms with E-state index in [1.807, 2.05) is 48.5 Å². The molecule has 3 rings (SSSR count). The number of hydrogen-bond donors (Lipinski definition) is 1. The first-order chi connectivity index (χ1) is 10.2. The van der Waals surface area contributed by atoms with Gasteiger partial charge in [0.05, 0.1) is 0 Å². The highest BCUT2D eigenvalue weighted by molar-refractivity contribution is 6.30. The lowest BCUT2D eigenvalue weighted by molar-refractivity contribution is 0.384. The molecule has 0 unspecified atom stereocenters. The van der Waals surface area contributed by atoms with Crippen LogP contribution in [0.2, 0.25) is 5.02 Å². The summed E-state index contributed by atoms with van der Waals surface area (Å²) in [4.78, 5) is 4.46. The van der Waals surface area contributed by atoms with Crippen molar-refractivity contribution in [2.75, 3.05) is 31.1 Å². The Morgan fingerprint density at radius 1 is 0.905 bits per heavy atom. The summed E-state index contributed by atoms with van der Waals surface area (Å²) >= 11 is 6.05. The van der Waals surface area contributed by atoms with Crippen molar-refractivity contribution < 1.29 is 0 Å². The number of halogens is 1. The van der Waals surface area contributed by atoms with E-state index in [1.54, 1.807) is 0 Å². The van der Waals surface area contributed by atoms with Gasteiger partial charge in [-0.1, -0.05) is 48.0 Å². The van der Waals surface area contributed by atoms with Gasteiger partial charge >= 0.3 is 0 Å². The molecule has 3 nitrogen and oxygen atoms in total. The predicted molar refractivity (Wildman–Crippen MR) is 88.5 cm³/mol. The van der Waals surface area contributed by atoms with E-state index >= 15 is 0 Å². The maximum absolute atomic E-state index is 8.32. The molecule has 0 saturated carbocycles. The summed E-state index contributed by atoms with van der Waals surface area (Å²) in [7, 11) is 0. The Morgan fingerprint density at radius 2 is 1.62 bits per heavy atom. The van der Waals surface area contributed by atoms with E-state index < -0.39 is 0 Å². The summed E-state index contributed by atoms with van der Waals surface area (Å²) in [5.41, 5.74) is 2.14. The Balaban J connectivity index is 1.64. The van der Waals surface area contributed by atoms with Crippen molar-refractivity contribution in [1.29, 1.82) is 5.41 Å². The van der Waals surface area contributed by atoms with Crippen LogP contribution in [-0.2, 0) is 0 Å². The fourth-order valence-electron chi connectivity index (χ4n) is 2.64. The molecule has 2 aromatic rings. The minimum Gasteiger partial charge on any atom is -0.368 e. The molecule has 1 aliphatic heterocycles. The molecule has 0 bridgehead atoms. The van der Waals surface area contributed by atoms with E-state index in [2.05, 4.69) is 15.9 Å². The van der Waals surface area contributed by atoms with Gasteiger partial charge in [-0.25, -0.2) is 0 Å². The quantitative estimate of drug-likeness (QED) is 0.680. The number of piperazine rings is 1. The van der Waals surface area contributed by atoms with Crippen LogP contribution in [-0.4, -0.2) is 36.9 Å². The summed E-state index contributed by atoms with van der Waals surface area (Å²) in [6, 6.07) is 17.9.